The van der Waals surface area contributed by atoms with E-state index in [9.17, 15) is 9.59 Å². The second kappa shape index (κ2) is 56.0. The molecule has 0 spiro atoms. The fraction of sp³-hybridized carbons (Fsp3) is 0.932. The zero-order valence-electron chi connectivity index (χ0n) is 43.8. The fourth-order valence-electron chi connectivity index (χ4n) is 8.92. The van der Waals surface area contributed by atoms with Gasteiger partial charge in [-0.3, -0.25) is 9.59 Å². The van der Waals surface area contributed by atoms with Gasteiger partial charge in [-0.15, -0.1) is 0 Å². The van der Waals surface area contributed by atoms with E-state index >= 15 is 0 Å². The average molecular weight is 904 g/mol. The van der Waals surface area contributed by atoms with Gasteiger partial charge < -0.3 is 14.2 Å². The van der Waals surface area contributed by atoms with Crippen molar-refractivity contribution >= 4 is 11.9 Å². The first-order valence-electron chi connectivity index (χ1n) is 29.2. The molecular formula is C59H114O5. The van der Waals surface area contributed by atoms with Crippen LogP contribution in [0.3, 0.4) is 0 Å². The first-order valence-corrected chi connectivity index (χ1v) is 29.2. The number of carbonyl (C=O) groups excluding carboxylic acids is 2. The summed E-state index contributed by atoms with van der Waals surface area (Å²) < 4.78 is 17.5. The fourth-order valence-corrected chi connectivity index (χ4v) is 8.92. The Morgan fingerprint density at radius 3 is 0.953 bits per heavy atom. The predicted molar refractivity (Wildman–Crippen MR) is 279 cm³/mol. The van der Waals surface area contributed by atoms with Gasteiger partial charge in [0.2, 0.25) is 0 Å². The van der Waals surface area contributed by atoms with Crippen LogP contribution in [0.15, 0.2) is 12.2 Å². The molecule has 1 atom stereocenters. The average Bonchev–Trinajstić information content (AvgIpc) is 3.30. The minimum Gasteiger partial charge on any atom is -0.462 e. The topological polar surface area (TPSA) is 61.8 Å². The smallest absolute Gasteiger partial charge is 0.306 e. The molecule has 1 unspecified atom stereocenters. The molecule has 0 aromatic carbocycles. The summed E-state index contributed by atoms with van der Waals surface area (Å²) in [5.41, 5.74) is 0. The molecule has 380 valence electrons. The van der Waals surface area contributed by atoms with Gasteiger partial charge in [-0.05, 0) is 44.9 Å². The van der Waals surface area contributed by atoms with Crippen LogP contribution in [-0.4, -0.2) is 37.9 Å². The Morgan fingerprint density at radius 2 is 0.609 bits per heavy atom. The Labute approximate surface area is 401 Å². The van der Waals surface area contributed by atoms with Crippen LogP contribution in [0.4, 0.5) is 0 Å². The number of allylic oxidation sites excluding steroid dienone is 2. The van der Waals surface area contributed by atoms with Gasteiger partial charge in [0.1, 0.15) is 6.61 Å². The molecule has 0 aromatic rings. The van der Waals surface area contributed by atoms with E-state index in [2.05, 4.69) is 32.9 Å². The number of ether oxygens (including phenoxy) is 3. The first kappa shape index (κ1) is 62.6. The van der Waals surface area contributed by atoms with Gasteiger partial charge in [0.15, 0.2) is 6.10 Å². The van der Waals surface area contributed by atoms with Crippen LogP contribution in [0, 0.1) is 0 Å². The van der Waals surface area contributed by atoms with Crippen LogP contribution in [-0.2, 0) is 23.8 Å². The molecule has 0 aromatic heterocycles. The molecule has 5 nitrogen and oxygen atoms in total. The Kier molecular flexibility index (Phi) is 54.8. The van der Waals surface area contributed by atoms with Crippen molar-refractivity contribution < 1.29 is 23.8 Å². The van der Waals surface area contributed by atoms with Crippen LogP contribution < -0.4 is 0 Å². The van der Waals surface area contributed by atoms with Gasteiger partial charge in [0.05, 0.1) is 6.61 Å². The van der Waals surface area contributed by atoms with E-state index < -0.39 is 6.10 Å². The molecule has 0 fully saturated rings. The highest BCUT2D eigenvalue weighted by Gasteiger charge is 2.17. The molecular weight excluding hydrogens is 789 g/mol. The van der Waals surface area contributed by atoms with Crippen molar-refractivity contribution in [3.05, 3.63) is 12.2 Å². The molecule has 0 aliphatic rings. The van der Waals surface area contributed by atoms with Gasteiger partial charge in [-0.1, -0.05) is 283 Å². The number of esters is 2. The van der Waals surface area contributed by atoms with Crippen LogP contribution in [0.2, 0.25) is 0 Å². The summed E-state index contributed by atoms with van der Waals surface area (Å²) in [6.45, 7) is 7.89. The highest BCUT2D eigenvalue weighted by atomic mass is 16.6. The number of unbranched alkanes of at least 4 members (excludes halogenated alkanes) is 42. The summed E-state index contributed by atoms with van der Waals surface area (Å²) in [7, 11) is 0. The molecule has 0 aliphatic heterocycles. The minimum absolute atomic E-state index is 0.0938. The Balaban J connectivity index is 4.07. The molecule has 0 heterocycles. The SMILES string of the molecule is CCCCCCCC/C=C\CCCCCCCCCCCC(=O)OCC(COCCCCCCCCCCCCCCCCCCCCCC)OC(=O)CCCCCCCCCCC. The monoisotopic (exact) mass is 903 g/mol. The first-order chi connectivity index (χ1) is 31.6. The normalized spacial score (nSPS) is 12.1. The molecule has 0 N–H and O–H groups in total. The predicted octanol–water partition coefficient (Wildman–Crippen LogP) is 19.8. The van der Waals surface area contributed by atoms with Crippen molar-refractivity contribution in [3.8, 4) is 0 Å². The van der Waals surface area contributed by atoms with E-state index in [1.807, 2.05) is 0 Å². The summed E-state index contributed by atoms with van der Waals surface area (Å²) >= 11 is 0. The highest BCUT2D eigenvalue weighted by molar-refractivity contribution is 5.70. The van der Waals surface area contributed by atoms with Crippen molar-refractivity contribution in [2.24, 2.45) is 0 Å². The molecule has 64 heavy (non-hydrogen) atoms. The van der Waals surface area contributed by atoms with E-state index in [4.69, 9.17) is 14.2 Å². The molecule has 0 amide bonds. The van der Waals surface area contributed by atoms with Gasteiger partial charge in [-0.25, -0.2) is 0 Å². The van der Waals surface area contributed by atoms with Crippen LogP contribution in [0.1, 0.15) is 329 Å². The second-order valence-electron chi connectivity index (χ2n) is 19.9. The maximum absolute atomic E-state index is 12.8. The lowest BCUT2D eigenvalue weighted by atomic mass is 10.0. The number of hydrogen-bond acceptors (Lipinski definition) is 5. The zero-order chi connectivity index (χ0) is 46.3. The van der Waals surface area contributed by atoms with Crippen molar-refractivity contribution in [1.82, 2.24) is 0 Å². The molecule has 0 aliphatic carbocycles. The third-order valence-electron chi connectivity index (χ3n) is 13.3. The van der Waals surface area contributed by atoms with Crippen LogP contribution in [0.5, 0.6) is 0 Å². The summed E-state index contributed by atoms with van der Waals surface area (Å²) in [6, 6.07) is 0. The Hall–Kier alpha value is -1.36. The minimum atomic E-state index is -0.527. The number of hydrogen-bond donors (Lipinski definition) is 0. The van der Waals surface area contributed by atoms with Crippen molar-refractivity contribution in [1.29, 1.82) is 0 Å². The summed E-state index contributed by atoms with van der Waals surface area (Å²) in [4.78, 5) is 25.4. The van der Waals surface area contributed by atoms with Crippen LogP contribution >= 0.6 is 0 Å². The van der Waals surface area contributed by atoms with Crippen LogP contribution in [0.25, 0.3) is 0 Å². The van der Waals surface area contributed by atoms with Gasteiger partial charge in [0.25, 0.3) is 0 Å². The van der Waals surface area contributed by atoms with E-state index in [1.165, 1.54) is 263 Å². The number of carbonyl (C=O) groups is 2. The molecule has 0 saturated heterocycles. The maximum atomic E-state index is 12.8. The van der Waals surface area contributed by atoms with Gasteiger partial charge in [-0.2, -0.15) is 0 Å². The quantitative estimate of drug-likeness (QED) is 0.0346. The molecule has 0 radical (unpaired) electrons. The van der Waals surface area contributed by atoms with E-state index in [0.717, 1.165) is 32.1 Å². The van der Waals surface area contributed by atoms with Gasteiger partial charge in [0, 0.05) is 19.4 Å². The zero-order valence-corrected chi connectivity index (χ0v) is 43.8. The summed E-state index contributed by atoms with van der Waals surface area (Å²) in [6.07, 6.45) is 65.3. The third kappa shape index (κ3) is 53.3. The lowest BCUT2D eigenvalue weighted by Crippen LogP contribution is -2.30. The highest BCUT2D eigenvalue weighted by Crippen LogP contribution is 2.17. The van der Waals surface area contributed by atoms with E-state index in [1.54, 1.807) is 0 Å². The van der Waals surface area contributed by atoms with Crippen molar-refractivity contribution in [2.75, 3.05) is 19.8 Å². The Bertz CT molecular complexity index is 932. The molecule has 0 bridgehead atoms. The van der Waals surface area contributed by atoms with Crippen molar-refractivity contribution in [3.63, 3.8) is 0 Å². The summed E-state index contributed by atoms with van der Waals surface area (Å²) in [5.74, 6) is -0.378. The Morgan fingerprint density at radius 1 is 0.328 bits per heavy atom. The third-order valence-corrected chi connectivity index (χ3v) is 13.3. The van der Waals surface area contributed by atoms with E-state index in [-0.39, 0.29) is 18.5 Å². The molecule has 0 rings (SSSR count). The molecule has 5 heteroatoms. The standard InChI is InChI=1S/C59H114O5/c1-4-7-10-13-16-19-21-23-25-27-29-31-33-35-37-39-42-45-48-51-54-62-55-57(64-59(61)53-50-47-44-40-18-15-12-9-6-3)56-63-58(60)52-49-46-43-41-38-36-34-32-30-28-26-24-22-20-17-14-11-8-5-2/h24,26,57H,4-23,25,27-56H2,1-3H3/b26-24-. The largest absolute Gasteiger partial charge is 0.462 e. The lowest BCUT2D eigenvalue weighted by Gasteiger charge is -2.18. The summed E-state index contributed by atoms with van der Waals surface area (Å²) in [5, 5.41) is 0. The molecule has 0 saturated carbocycles. The lowest BCUT2D eigenvalue weighted by molar-refractivity contribution is -0.163. The van der Waals surface area contributed by atoms with E-state index in [0.29, 0.717) is 26.1 Å². The number of rotatable bonds is 55. The maximum Gasteiger partial charge on any atom is 0.306 e. The second-order valence-corrected chi connectivity index (χ2v) is 19.9. The van der Waals surface area contributed by atoms with Gasteiger partial charge >= 0.3 is 11.9 Å². The van der Waals surface area contributed by atoms with Crippen molar-refractivity contribution in [2.45, 2.75) is 335 Å².